The van der Waals surface area contributed by atoms with E-state index in [4.69, 9.17) is 5.73 Å². The quantitative estimate of drug-likeness (QED) is 0.730. The molecule has 1 saturated heterocycles. The standard InChI is InChI=1S/C17H24BrN5O/c1-17(2,3)16(24)22-12-8-21-15-13(12)14(11(18)7-20-15)23-6-4-5-10(19)9-23/h7-8,10H,4-6,9,19H2,1-3H3,(H,20,21)(H,22,24)/t10-/m1/s1. The molecule has 3 rings (SSSR count). The van der Waals surface area contributed by atoms with Crippen molar-refractivity contribution in [3.63, 3.8) is 0 Å². The van der Waals surface area contributed by atoms with Gasteiger partial charge in [0, 0.05) is 36.9 Å². The molecule has 0 radical (unpaired) electrons. The molecule has 130 valence electrons. The van der Waals surface area contributed by atoms with E-state index in [1.54, 1.807) is 12.4 Å². The fourth-order valence-electron chi connectivity index (χ4n) is 2.99. The highest BCUT2D eigenvalue weighted by Gasteiger charge is 2.26. The molecule has 6 nitrogen and oxygen atoms in total. The van der Waals surface area contributed by atoms with Gasteiger partial charge in [0.1, 0.15) is 5.65 Å². The van der Waals surface area contributed by atoms with Gasteiger partial charge in [-0.3, -0.25) is 4.79 Å². The van der Waals surface area contributed by atoms with Gasteiger partial charge < -0.3 is 20.9 Å². The van der Waals surface area contributed by atoms with Crippen molar-refractivity contribution in [2.24, 2.45) is 11.1 Å². The number of halogens is 1. The summed E-state index contributed by atoms with van der Waals surface area (Å²) in [5.41, 5.74) is 8.26. The molecule has 0 unspecified atom stereocenters. The van der Waals surface area contributed by atoms with E-state index >= 15 is 0 Å². The van der Waals surface area contributed by atoms with Gasteiger partial charge in [-0.05, 0) is 28.8 Å². The van der Waals surface area contributed by atoms with E-state index in [1.807, 2.05) is 20.8 Å². The van der Waals surface area contributed by atoms with Crippen molar-refractivity contribution < 1.29 is 4.79 Å². The molecule has 1 amide bonds. The van der Waals surface area contributed by atoms with Crippen LogP contribution in [0.4, 0.5) is 11.4 Å². The Labute approximate surface area is 150 Å². The number of hydrogen-bond acceptors (Lipinski definition) is 4. The van der Waals surface area contributed by atoms with Crippen molar-refractivity contribution in [3.8, 4) is 0 Å². The van der Waals surface area contributed by atoms with Crippen LogP contribution in [0, 0.1) is 5.41 Å². The molecule has 24 heavy (non-hydrogen) atoms. The Bertz CT molecular complexity index is 764. The molecule has 0 spiro atoms. The summed E-state index contributed by atoms with van der Waals surface area (Å²) >= 11 is 3.63. The van der Waals surface area contributed by atoms with Crippen LogP contribution in [0.2, 0.25) is 0 Å². The largest absolute Gasteiger partial charge is 0.368 e. The highest BCUT2D eigenvalue weighted by Crippen LogP contribution is 2.39. The number of aromatic amines is 1. The van der Waals surface area contributed by atoms with Crippen LogP contribution in [0.5, 0.6) is 0 Å². The molecular formula is C17H24BrN5O. The maximum Gasteiger partial charge on any atom is 0.229 e. The molecular weight excluding hydrogens is 370 g/mol. The topological polar surface area (TPSA) is 87.0 Å². The van der Waals surface area contributed by atoms with Gasteiger partial charge in [0.2, 0.25) is 5.91 Å². The van der Waals surface area contributed by atoms with Crippen LogP contribution in [0.25, 0.3) is 11.0 Å². The number of carbonyl (C=O) groups is 1. The average molecular weight is 394 g/mol. The third-order valence-corrected chi connectivity index (χ3v) is 4.91. The molecule has 4 N–H and O–H groups in total. The monoisotopic (exact) mass is 393 g/mol. The van der Waals surface area contributed by atoms with Crippen LogP contribution in [0.3, 0.4) is 0 Å². The lowest BCUT2D eigenvalue weighted by Gasteiger charge is -2.33. The molecule has 1 atom stereocenters. The van der Waals surface area contributed by atoms with E-state index in [9.17, 15) is 4.79 Å². The van der Waals surface area contributed by atoms with Gasteiger partial charge >= 0.3 is 0 Å². The SMILES string of the molecule is CC(C)(C)C(=O)Nc1c[nH]c2ncc(Br)c(N3CCC[C@@H](N)C3)c12. The van der Waals surface area contributed by atoms with Gasteiger partial charge in [-0.1, -0.05) is 20.8 Å². The van der Waals surface area contributed by atoms with Crippen molar-refractivity contribution in [1.82, 2.24) is 9.97 Å². The summed E-state index contributed by atoms with van der Waals surface area (Å²) in [6, 6.07) is 0.167. The lowest BCUT2D eigenvalue weighted by Crippen LogP contribution is -2.43. The molecule has 0 bridgehead atoms. The highest BCUT2D eigenvalue weighted by molar-refractivity contribution is 9.10. The maximum absolute atomic E-state index is 12.4. The van der Waals surface area contributed by atoms with Crippen molar-refractivity contribution >= 4 is 44.2 Å². The van der Waals surface area contributed by atoms with E-state index in [-0.39, 0.29) is 11.9 Å². The third-order valence-electron chi connectivity index (χ3n) is 4.33. The van der Waals surface area contributed by atoms with Crippen molar-refractivity contribution in [1.29, 1.82) is 0 Å². The van der Waals surface area contributed by atoms with Crippen LogP contribution >= 0.6 is 15.9 Å². The fourth-order valence-corrected chi connectivity index (χ4v) is 3.54. The van der Waals surface area contributed by atoms with Gasteiger partial charge in [-0.2, -0.15) is 0 Å². The molecule has 0 saturated carbocycles. The molecule has 0 aliphatic carbocycles. The number of rotatable bonds is 2. The van der Waals surface area contributed by atoms with Crippen molar-refractivity contribution in [3.05, 3.63) is 16.9 Å². The van der Waals surface area contributed by atoms with Crippen LogP contribution in [-0.4, -0.2) is 35.0 Å². The zero-order valence-electron chi connectivity index (χ0n) is 14.3. The first-order valence-electron chi connectivity index (χ1n) is 8.25. The molecule has 3 heterocycles. The summed E-state index contributed by atoms with van der Waals surface area (Å²) in [6.45, 7) is 7.44. The van der Waals surface area contributed by atoms with E-state index in [2.05, 4.69) is 36.1 Å². The van der Waals surface area contributed by atoms with E-state index in [1.165, 1.54) is 0 Å². The molecule has 1 aliphatic rings. The Morgan fingerprint density at radius 2 is 2.25 bits per heavy atom. The van der Waals surface area contributed by atoms with Crippen LogP contribution in [-0.2, 0) is 4.79 Å². The Morgan fingerprint density at radius 1 is 1.50 bits per heavy atom. The number of H-pyrrole nitrogens is 1. The number of amides is 1. The average Bonchev–Trinajstić information content (AvgIpc) is 2.89. The van der Waals surface area contributed by atoms with E-state index in [0.717, 1.165) is 52.8 Å². The Morgan fingerprint density at radius 3 is 2.92 bits per heavy atom. The summed E-state index contributed by atoms with van der Waals surface area (Å²) in [6.07, 6.45) is 5.71. The summed E-state index contributed by atoms with van der Waals surface area (Å²) in [5.74, 6) is -0.0235. The Hall–Kier alpha value is -1.60. The van der Waals surface area contributed by atoms with Gasteiger partial charge in [-0.15, -0.1) is 0 Å². The lowest BCUT2D eigenvalue weighted by atomic mass is 9.95. The number of hydrogen-bond donors (Lipinski definition) is 3. The Kier molecular flexibility index (Phi) is 4.57. The number of nitrogens with two attached hydrogens (primary N) is 1. The van der Waals surface area contributed by atoms with E-state index < -0.39 is 5.41 Å². The number of carbonyl (C=O) groups excluding carboxylic acids is 1. The van der Waals surface area contributed by atoms with Crippen molar-refractivity contribution in [2.45, 2.75) is 39.7 Å². The molecule has 2 aromatic heterocycles. The number of nitrogens with one attached hydrogen (secondary N) is 2. The first-order valence-corrected chi connectivity index (χ1v) is 9.04. The van der Waals surface area contributed by atoms with Gasteiger partial charge in [0.05, 0.1) is 21.2 Å². The Balaban J connectivity index is 2.06. The molecule has 2 aromatic rings. The maximum atomic E-state index is 12.4. The van der Waals surface area contributed by atoms with E-state index in [0.29, 0.717) is 0 Å². The molecule has 1 fully saturated rings. The number of aromatic nitrogens is 2. The minimum atomic E-state index is -0.462. The predicted molar refractivity (Wildman–Crippen MR) is 101 cm³/mol. The zero-order chi connectivity index (χ0) is 17.5. The fraction of sp³-hybridized carbons (Fsp3) is 0.529. The molecule has 1 aliphatic heterocycles. The summed E-state index contributed by atoms with van der Waals surface area (Å²) < 4.78 is 0.912. The molecule has 7 heteroatoms. The first kappa shape index (κ1) is 17.2. The minimum Gasteiger partial charge on any atom is -0.368 e. The first-order chi connectivity index (χ1) is 11.3. The number of pyridine rings is 1. The third kappa shape index (κ3) is 3.28. The van der Waals surface area contributed by atoms with Crippen LogP contribution in [0.1, 0.15) is 33.6 Å². The van der Waals surface area contributed by atoms with Gasteiger partial charge in [0.15, 0.2) is 0 Å². The summed E-state index contributed by atoms with van der Waals surface area (Å²) in [5, 5.41) is 3.96. The van der Waals surface area contributed by atoms with Gasteiger partial charge in [0.25, 0.3) is 0 Å². The number of nitrogens with zero attached hydrogens (tertiary/aromatic N) is 2. The second kappa shape index (κ2) is 6.37. The highest BCUT2D eigenvalue weighted by atomic mass is 79.9. The van der Waals surface area contributed by atoms with Crippen molar-refractivity contribution in [2.75, 3.05) is 23.3 Å². The van der Waals surface area contributed by atoms with Crippen LogP contribution < -0.4 is 16.0 Å². The van der Waals surface area contributed by atoms with Crippen LogP contribution in [0.15, 0.2) is 16.9 Å². The number of anilines is 2. The minimum absolute atomic E-state index is 0.0235. The van der Waals surface area contributed by atoms with Gasteiger partial charge in [-0.25, -0.2) is 4.98 Å². The summed E-state index contributed by atoms with van der Waals surface area (Å²) in [7, 11) is 0. The molecule has 0 aromatic carbocycles. The summed E-state index contributed by atoms with van der Waals surface area (Å²) in [4.78, 5) is 22.3. The zero-order valence-corrected chi connectivity index (χ0v) is 15.9. The second-order valence-corrected chi connectivity index (χ2v) is 8.29. The smallest absolute Gasteiger partial charge is 0.229 e. The normalized spacial score (nSPS) is 18.9. The second-order valence-electron chi connectivity index (χ2n) is 7.43. The number of fused-ring (bicyclic) bond motifs is 1. The predicted octanol–water partition coefficient (Wildman–Crippen LogP) is 3.24. The number of piperidine rings is 1. The lowest BCUT2D eigenvalue weighted by molar-refractivity contribution is -0.123.